The number of halogens is 2. The van der Waals surface area contributed by atoms with Crippen molar-refractivity contribution < 1.29 is 33.3 Å². The Morgan fingerprint density at radius 1 is 1.07 bits per heavy atom. The van der Waals surface area contributed by atoms with E-state index in [1.165, 1.54) is 25.3 Å². The van der Waals surface area contributed by atoms with Crippen LogP contribution in [0.2, 0.25) is 5.02 Å². The summed E-state index contributed by atoms with van der Waals surface area (Å²) >= 11 is 6.05. The molecule has 0 radical (unpaired) electrons. The number of Topliss-reactive ketones (excluding diaryl/α,β-unsaturated/α-hetero) is 1. The molecule has 0 bridgehead atoms. The van der Waals surface area contributed by atoms with Gasteiger partial charge in [-0.15, -0.1) is 0 Å². The molecule has 230 valence electrons. The normalized spacial score (nSPS) is 14.2. The molecule has 8 nitrogen and oxygen atoms in total. The van der Waals surface area contributed by atoms with Crippen molar-refractivity contribution in [2.45, 2.75) is 83.6 Å². The number of aromatic nitrogens is 1. The Kier molecular flexibility index (Phi) is 9.66. The molecule has 0 spiro atoms. The zero-order valence-corrected chi connectivity index (χ0v) is 26.0. The summed E-state index contributed by atoms with van der Waals surface area (Å²) in [6.07, 6.45) is 0.585. The lowest BCUT2D eigenvalue weighted by Crippen LogP contribution is -2.44. The number of ether oxygens (including phenoxy) is 3. The smallest absolute Gasteiger partial charge is 0.408 e. The molecule has 4 rings (SSSR count). The molecule has 3 aromatic rings. The average molecular weight is 613 g/mol. The molecule has 1 amide bonds. The van der Waals surface area contributed by atoms with E-state index in [-0.39, 0.29) is 35.4 Å². The molecule has 1 aliphatic rings. The summed E-state index contributed by atoms with van der Waals surface area (Å²) in [7, 11) is 1.52. The summed E-state index contributed by atoms with van der Waals surface area (Å²) in [5.74, 6) is 0.327. The van der Waals surface area contributed by atoms with Gasteiger partial charge in [-0.2, -0.15) is 0 Å². The number of ketones is 1. The minimum atomic E-state index is -1.12. The highest BCUT2D eigenvalue weighted by Gasteiger charge is 2.29. The number of methoxy groups -OCH3 is 1. The number of amides is 1. The van der Waals surface area contributed by atoms with E-state index < -0.39 is 29.2 Å². The third-order valence-electron chi connectivity index (χ3n) is 6.89. The van der Waals surface area contributed by atoms with Crippen LogP contribution < -0.4 is 14.8 Å². The zero-order chi connectivity index (χ0) is 31.5. The van der Waals surface area contributed by atoms with Gasteiger partial charge in [-0.05, 0) is 108 Å². The minimum Gasteiger partial charge on any atom is -0.493 e. The van der Waals surface area contributed by atoms with Crippen molar-refractivity contribution in [1.82, 2.24) is 10.3 Å². The number of hydrogen-bond acceptors (Lipinski definition) is 7. The van der Waals surface area contributed by atoms with E-state index in [1.54, 1.807) is 65.0 Å². The number of nitrogens with one attached hydrogen (secondary N) is 1. The second-order valence-electron chi connectivity index (χ2n) is 12.2. The van der Waals surface area contributed by atoms with Crippen molar-refractivity contribution in [2.24, 2.45) is 0 Å². The molecule has 1 unspecified atom stereocenters. The SMILES string of the molecule is COc1cc(C(=O)CCC(O)c2cc(C(C)(C)NC(=O)OC(C)(C)C)cc(-c3ccc(F)c(Cl)c3)n2)ccc1OC1CC1. The summed E-state index contributed by atoms with van der Waals surface area (Å²) in [6, 6.07) is 12.7. The third kappa shape index (κ3) is 8.67. The van der Waals surface area contributed by atoms with Crippen LogP contribution in [0.15, 0.2) is 48.5 Å². The molecule has 1 aromatic heterocycles. The van der Waals surface area contributed by atoms with Crippen molar-refractivity contribution in [1.29, 1.82) is 0 Å². The van der Waals surface area contributed by atoms with Gasteiger partial charge < -0.3 is 24.6 Å². The highest BCUT2D eigenvalue weighted by atomic mass is 35.5. The number of benzene rings is 2. The average Bonchev–Trinajstić information content (AvgIpc) is 3.75. The largest absolute Gasteiger partial charge is 0.493 e. The first kappa shape index (κ1) is 32.2. The molecule has 1 atom stereocenters. The van der Waals surface area contributed by atoms with Crippen LogP contribution in [0.4, 0.5) is 9.18 Å². The number of alkyl carbamates (subject to hydrolysis) is 1. The maximum absolute atomic E-state index is 13.9. The lowest BCUT2D eigenvalue weighted by Gasteiger charge is -2.30. The minimum absolute atomic E-state index is 0.0380. The highest BCUT2D eigenvalue weighted by molar-refractivity contribution is 6.31. The Bertz CT molecular complexity index is 1500. The highest BCUT2D eigenvalue weighted by Crippen LogP contribution is 2.35. The van der Waals surface area contributed by atoms with Gasteiger partial charge in [0.1, 0.15) is 11.4 Å². The van der Waals surface area contributed by atoms with Gasteiger partial charge in [0.25, 0.3) is 0 Å². The number of aliphatic hydroxyl groups is 1. The fraction of sp³-hybridized carbons (Fsp3) is 0.424. The van der Waals surface area contributed by atoms with Crippen molar-refractivity contribution in [3.05, 3.63) is 76.2 Å². The zero-order valence-electron chi connectivity index (χ0n) is 25.3. The molecular weight excluding hydrogens is 575 g/mol. The molecule has 2 N–H and O–H groups in total. The van der Waals surface area contributed by atoms with Crippen LogP contribution >= 0.6 is 11.6 Å². The predicted molar refractivity (Wildman–Crippen MR) is 162 cm³/mol. The third-order valence-corrected chi connectivity index (χ3v) is 7.18. The van der Waals surface area contributed by atoms with Gasteiger partial charge >= 0.3 is 6.09 Å². The van der Waals surface area contributed by atoms with Gasteiger partial charge in [0, 0.05) is 17.5 Å². The van der Waals surface area contributed by atoms with Crippen LogP contribution in [0.3, 0.4) is 0 Å². The Morgan fingerprint density at radius 3 is 2.42 bits per heavy atom. The van der Waals surface area contributed by atoms with Crippen molar-refractivity contribution >= 4 is 23.5 Å². The molecule has 43 heavy (non-hydrogen) atoms. The molecule has 1 aliphatic carbocycles. The van der Waals surface area contributed by atoms with Gasteiger partial charge in [-0.3, -0.25) is 9.78 Å². The number of hydrogen-bond donors (Lipinski definition) is 2. The first-order valence-electron chi connectivity index (χ1n) is 14.2. The quantitative estimate of drug-likeness (QED) is 0.215. The fourth-order valence-corrected chi connectivity index (χ4v) is 4.56. The van der Waals surface area contributed by atoms with Gasteiger partial charge in [0.05, 0.1) is 41.3 Å². The summed E-state index contributed by atoms with van der Waals surface area (Å²) in [6.45, 7) is 8.88. The first-order chi connectivity index (χ1) is 20.1. The van der Waals surface area contributed by atoms with E-state index in [9.17, 15) is 19.1 Å². The van der Waals surface area contributed by atoms with Gasteiger partial charge in [-0.25, -0.2) is 9.18 Å². The van der Waals surface area contributed by atoms with Crippen LogP contribution in [-0.2, 0) is 10.3 Å². The van der Waals surface area contributed by atoms with Crippen LogP contribution in [0.1, 0.15) is 88.0 Å². The van der Waals surface area contributed by atoms with Gasteiger partial charge in [-0.1, -0.05) is 11.6 Å². The fourth-order valence-electron chi connectivity index (χ4n) is 4.38. The van der Waals surface area contributed by atoms with Gasteiger partial charge in [0.2, 0.25) is 0 Å². The molecule has 0 saturated heterocycles. The Morgan fingerprint density at radius 2 is 1.79 bits per heavy atom. The second-order valence-corrected chi connectivity index (χ2v) is 12.6. The van der Waals surface area contributed by atoms with E-state index in [2.05, 4.69) is 10.3 Å². The number of aliphatic hydroxyl groups excluding tert-OH is 1. The molecule has 1 heterocycles. The first-order valence-corrected chi connectivity index (χ1v) is 14.6. The van der Waals surface area contributed by atoms with Crippen LogP contribution in [0, 0.1) is 5.82 Å². The predicted octanol–water partition coefficient (Wildman–Crippen LogP) is 7.55. The lowest BCUT2D eigenvalue weighted by molar-refractivity contribution is 0.0470. The Hall–Kier alpha value is -3.69. The molecule has 1 saturated carbocycles. The maximum atomic E-state index is 13.9. The Balaban J connectivity index is 1.58. The van der Waals surface area contributed by atoms with E-state index in [1.807, 2.05) is 0 Å². The summed E-state index contributed by atoms with van der Waals surface area (Å²) in [4.78, 5) is 30.3. The van der Waals surface area contributed by atoms with Crippen LogP contribution in [-0.4, -0.2) is 40.8 Å². The van der Waals surface area contributed by atoms with Crippen LogP contribution in [0.25, 0.3) is 11.3 Å². The number of pyridine rings is 1. The van der Waals surface area contributed by atoms with E-state index in [4.69, 9.17) is 25.8 Å². The summed E-state index contributed by atoms with van der Waals surface area (Å²) in [5, 5.41) is 14.0. The van der Waals surface area contributed by atoms with E-state index in [0.717, 1.165) is 12.8 Å². The maximum Gasteiger partial charge on any atom is 0.408 e. The monoisotopic (exact) mass is 612 g/mol. The van der Waals surface area contributed by atoms with Crippen molar-refractivity contribution in [3.63, 3.8) is 0 Å². The van der Waals surface area contributed by atoms with Crippen LogP contribution in [0.5, 0.6) is 11.5 Å². The number of rotatable bonds is 11. The van der Waals surface area contributed by atoms with Crippen molar-refractivity contribution in [3.8, 4) is 22.8 Å². The molecule has 1 fully saturated rings. The molecular formula is C33H38ClFN2O6. The second kappa shape index (κ2) is 12.9. The van der Waals surface area contributed by atoms with E-state index >= 15 is 0 Å². The Labute approximate surface area is 256 Å². The standard InChI is InChI=1S/C33H38ClFN2O6/c1-32(2,3)43-31(40)37-33(4,5)21-17-25(19-7-11-24(35)23(34)15-19)36-26(18-21)28(39)13-12-27(38)20-8-14-29(30(16-20)41-6)42-22-9-10-22/h7-8,11,14-18,22,28,39H,9-10,12-13H2,1-6H3,(H,37,40). The summed E-state index contributed by atoms with van der Waals surface area (Å²) < 4.78 is 30.6. The summed E-state index contributed by atoms with van der Waals surface area (Å²) in [5.41, 5.74) is 0.622. The topological polar surface area (TPSA) is 107 Å². The lowest BCUT2D eigenvalue weighted by atomic mass is 9.91. The number of nitrogens with zero attached hydrogens (tertiary/aromatic N) is 1. The van der Waals surface area contributed by atoms with Gasteiger partial charge in [0.15, 0.2) is 17.3 Å². The molecule has 2 aromatic carbocycles. The van der Waals surface area contributed by atoms with Crippen molar-refractivity contribution in [2.75, 3.05) is 7.11 Å². The number of carbonyl (C=O) groups excluding carboxylic acids is 2. The molecule has 10 heteroatoms. The molecule has 0 aliphatic heterocycles. The van der Waals surface area contributed by atoms with E-state index in [0.29, 0.717) is 33.9 Å². The number of carbonyl (C=O) groups is 2.